The molecule has 2 unspecified atom stereocenters. The van der Waals surface area contributed by atoms with Crippen LogP contribution < -0.4 is 14.9 Å². The Balaban J connectivity index is 1.55. The van der Waals surface area contributed by atoms with E-state index in [4.69, 9.17) is 4.74 Å². The predicted octanol–water partition coefficient (Wildman–Crippen LogP) is 3.39. The van der Waals surface area contributed by atoms with Crippen LogP contribution >= 0.6 is 0 Å². The molecule has 1 fully saturated rings. The number of sulfonamides is 1. The lowest BCUT2D eigenvalue weighted by Crippen LogP contribution is -2.38. The van der Waals surface area contributed by atoms with Crippen molar-refractivity contribution < 1.29 is 27.8 Å². The lowest BCUT2D eigenvalue weighted by Gasteiger charge is -2.28. The van der Waals surface area contributed by atoms with Crippen molar-refractivity contribution in [2.24, 2.45) is 5.92 Å². The van der Waals surface area contributed by atoms with Crippen molar-refractivity contribution in [3.8, 4) is 0 Å². The molecule has 4 rings (SSSR count). The summed E-state index contributed by atoms with van der Waals surface area (Å²) in [6.45, 7) is 4.80. The first-order valence-electron chi connectivity index (χ1n) is 12.1. The molecule has 1 aliphatic carbocycles. The van der Waals surface area contributed by atoms with Crippen LogP contribution in [0.25, 0.3) is 0 Å². The van der Waals surface area contributed by atoms with E-state index in [9.17, 15) is 33.4 Å². The molecule has 13 nitrogen and oxygen atoms in total. The van der Waals surface area contributed by atoms with Crippen LogP contribution in [0, 0.1) is 26.1 Å². The minimum Gasteiger partial charge on any atom is -0.378 e. The van der Waals surface area contributed by atoms with Gasteiger partial charge >= 0.3 is 0 Å². The Morgan fingerprint density at radius 3 is 2.18 bits per heavy atom. The number of morpholine rings is 1. The molecule has 1 aliphatic heterocycles. The van der Waals surface area contributed by atoms with Gasteiger partial charge in [-0.1, -0.05) is 30.7 Å². The van der Waals surface area contributed by atoms with E-state index in [1.165, 1.54) is 29.2 Å². The summed E-state index contributed by atoms with van der Waals surface area (Å²) in [6.07, 6.45) is 5.59. The molecule has 2 atom stereocenters. The first-order valence-corrected chi connectivity index (χ1v) is 13.5. The molecule has 39 heavy (non-hydrogen) atoms. The van der Waals surface area contributed by atoms with Crippen molar-refractivity contribution in [1.29, 1.82) is 0 Å². The highest BCUT2D eigenvalue weighted by Crippen LogP contribution is 2.39. The maximum Gasteiger partial charge on any atom is 0.300 e. The van der Waals surface area contributed by atoms with Gasteiger partial charge in [0.25, 0.3) is 17.3 Å². The summed E-state index contributed by atoms with van der Waals surface area (Å²) in [5.41, 5.74) is -0.361. The van der Waals surface area contributed by atoms with Gasteiger partial charge in [0.05, 0.1) is 33.5 Å². The van der Waals surface area contributed by atoms with Crippen LogP contribution in [-0.2, 0) is 14.8 Å². The number of benzene rings is 2. The number of anilines is 2. The molecule has 0 radical (unpaired) electrons. The second-order valence-corrected chi connectivity index (χ2v) is 10.9. The molecule has 0 bridgehead atoms. The highest BCUT2D eigenvalue weighted by atomic mass is 32.2. The van der Waals surface area contributed by atoms with E-state index >= 15 is 0 Å². The van der Waals surface area contributed by atoms with Gasteiger partial charge in [-0.3, -0.25) is 25.0 Å². The number of hydrogen-bond donors (Lipinski definition) is 2. The van der Waals surface area contributed by atoms with E-state index in [1.54, 1.807) is 6.08 Å². The van der Waals surface area contributed by atoms with Gasteiger partial charge in [0.15, 0.2) is 5.69 Å². The van der Waals surface area contributed by atoms with E-state index < -0.39 is 43.2 Å². The number of nitrogens with one attached hydrogen (secondary N) is 2. The van der Waals surface area contributed by atoms with Crippen molar-refractivity contribution in [3.63, 3.8) is 0 Å². The molecule has 1 heterocycles. The number of ether oxygens (including phenoxy) is 1. The highest BCUT2D eigenvalue weighted by Gasteiger charge is 2.33. The molecule has 2 aromatic carbocycles. The monoisotopic (exact) mass is 557 g/mol. The molecule has 0 saturated carbocycles. The number of allylic oxidation sites excluding steroid dienone is 2. The Bertz CT molecular complexity index is 1430. The fourth-order valence-electron chi connectivity index (χ4n) is 4.44. The van der Waals surface area contributed by atoms with Gasteiger partial charge in [-0.2, -0.15) is 0 Å². The number of nitro benzene ring substituents is 2. The smallest absolute Gasteiger partial charge is 0.300 e. The predicted molar refractivity (Wildman–Crippen MR) is 143 cm³/mol. The van der Waals surface area contributed by atoms with Crippen LogP contribution in [0.4, 0.5) is 22.7 Å². The number of carbonyl (C=O) groups excluding carboxylic acids is 1. The van der Waals surface area contributed by atoms with Crippen molar-refractivity contribution in [1.82, 2.24) is 4.72 Å². The SMILES string of the molecule is CC1=CC(C)C(NS(=O)(=O)c2ccc(NC(=O)c3cc([N+](=O)[O-])c(N4CCOCC4)c([N+](=O)[O-])c3)cc2)C=C1. The van der Waals surface area contributed by atoms with Crippen molar-refractivity contribution in [2.45, 2.75) is 24.8 Å². The lowest BCUT2D eigenvalue weighted by atomic mass is 9.94. The first kappa shape index (κ1) is 27.9. The molecule has 14 heteroatoms. The molecule has 2 aliphatic rings. The number of nitro groups is 2. The summed E-state index contributed by atoms with van der Waals surface area (Å²) in [5.74, 6) is -0.863. The van der Waals surface area contributed by atoms with E-state index in [0.717, 1.165) is 17.7 Å². The lowest BCUT2D eigenvalue weighted by molar-refractivity contribution is -0.392. The number of amides is 1. The Labute approximate surface area is 224 Å². The van der Waals surface area contributed by atoms with E-state index in [2.05, 4.69) is 10.0 Å². The number of hydrogen-bond acceptors (Lipinski definition) is 9. The summed E-state index contributed by atoms with van der Waals surface area (Å²) in [4.78, 5) is 36.5. The van der Waals surface area contributed by atoms with Gasteiger partial charge < -0.3 is 15.0 Å². The Hall–Kier alpha value is -4.14. The average molecular weight is 558 g/mol. The largest absolute Gasteiger partial charge is 0.378 e. The standard InChI is InChI=1S/C25H27N5O8S/c1-16-3-8-21(17(2)13-16)27-39(36,37)20-6-4-19(5-7-20)26-25(31)18-14-22(29(32)33)24(23(15-18)30(34)35)28-9-11-38-12-10-28/h3-8,13-15,17,21,27H,9-12H2,1-2H3,(H,26,31). The topological polar surface area (TPSA) is 174 Å². The van der Waals surface area contributed by atoms with Crippen molar-refractivity contribution in [3.05, 3.63) is 86.0 Å². The normalized spacial score (nSPS) is 19.3. The molecule has 2 N–H and O–H groups in total. The van der Waals surface area contributed by atoms with Gasteiger partial charge in [0.2, 0.25) is 10.0 Å². The third-order valence-corrected chi connectivity index (χ3v) is 7.90. The third-order valence-electron chi connectivity index (χ3n) is 6.42. The number of nitrogens with zero attached hydrogens (tertiary/aromatic N) is 3. The second-order valence-electron chi connectivity index (χ2n) is 9.23. The van der Waals surface area contributed by atoms with Gasteiger partial charge in [-0.05, 0) is 37.1 Å². The molecule has 0 aromatic heterocycles. The van der Waals surface area contributed by atoms with Gasteiger partial charge in [-0.25, -0.2) is 13.1 Å². The van der Waals surface area contributed by atoms with E-state index in [0.29, 0.717) is 0 Å². The van der Waals surface area contributed by atoms with Crippen LogP contribution in [0.1, 0.15) is 24.2 Å². The minimum atomic E-state index is -3.86. The zero-order valence-corrected chi connectivity index (χ0v) is 22.0. The van der Waals surface area contributed by atoms with Crippen molar-refractivity contribution >= 4 is 38.7 Å². The highest BCUT2D eigenvalue weighted by molar-refractivity contribution is 7.89. The van der Waals surface area contributed by atoms with Crippen LogP contribution in [0.5, 0.6) is 0 Å². The third kappa shape index (κ3) is 6.30. The van der Waals surface area contributed by atoms with Crippen molar-refractivity contribution in [2.75, 3.05) is 36.5 Å². The zero-order valence-electron chi connectivity index (χ0n) is 21.2. The van der Waals surface area contributed by atoms with Gasteiger partial charge in [-0.15, -0.1) is 0 Å². The van der Waals surface area contributed by atoms with Crippen LogP contribution in [0.15, 0.2) is 65.1 Å². The Kier molecular flexibility index (Phi) is 8.09. The first-order chi connectivity index (χ1) is 18.5. The maximum atomic E-state index is 12.9. The summed E-state index contributed by atoms with van der Waals surface area (Å²) in [6, 6.07) is 6.91. The molecule has 1 saturated heterocycles. The fraction of sp³-hybridized carbons (Fsp3) is 0.320. The Morgan fingerprint density at radius 2 is 1.64 bits per heavy atom. The summed E-state index contributed by atoms with van der Waals surface area (Å²) >= 11 is 0. The molecule has 0 spiro atoms. The quantitative estimate of drug-likeness (QED) is 0.364. The minimum absolute atomic E-state index is 0.0199. The molecule has 206 valence electrons. The van der Waals surface area contributed by atoms with Crippen LogP contribution in [0.2, 0.25) is 0 Å². The number of carbonyl (C=O) groups is 1. The molecule has 2 aromatic rings. The maximum absolute atomic E-state index is 12.9. The molecule has 1 amide bonds. The Morgan fingerprint density at radius 1 is 1.05 bits per heavy atom. The summed E-state index contributed by atoms with van der Waals surface area (Å²) in [7, 11) is -3.86. The van der Waals surface area contributed by atoms with Crippen LogP contribution in [0.3, 0.4) is 0 Å². The van der Waals surface area contributed by atoms with Crippen LogP contribution in [-0.4, -0.2) is 56.5 Å². The van der Waals surface area contributed by atoms with E-state index in [1.807, 2.05) is 26.0 Å². The molecular weight excluding hydrogens is 530 g/mol. The summed E-state index contributed by atoms with van der Waals surface area (Å²) in [5, 5.41) is 26.1. The van der Waals surface area contributed by atoms with Gasteiger partial charge in [0.1, 0.15) is 0 Å². The fourth-order valence-corrected chi connectivity index (χ4v) is 5.73. The second kappa shape index (κ2) is 11.3. The number of rotatable bonds is 8. The van der Waals surface area contributed by atoms with E-state index in [-0.39, 0.29) is 54.1 Å². The zero-order chi connectivity index (χ0) is 28.3. The average Bonchev–Trinajstić information content (AvgIpc) is 2.90. The van der Waals surface area contributed by atoms with Gasteiger partial charge in [0, 0.05) is 37.0 Å². The summed E-state index contributed by atoms with van der Waals surface area (Å²) < 4.78 is 33.6. The molecular formula is C25H27N5O8S.